The van der Waals surface area contributed by atoms with Crippen molar-refractivity contribution in [3.05, 3.63) is 0 Å². The molecule has 0 spiro atoms. The molecule has 0 radical (unpaired) electrons. The van der Waals surface area contributed by atoms with Gasteiger partial charge < -0.3 is 24.0 Å². The van der Waals surface area contributed by atoms with Gasteiger partial charge in [0.05, 0.1) is 7.82 Å². The van der Waals surface area contributed by atoms with Crippen LogP contribution in [0.4, 0.5) is 0 Å². The average molecular weight is 497 g/mol. The molecule has 1 N–H and O–H groups in total. The van der Waals surface area contributed by atoms with Crippen molar-refractivity contribution < 1.29 is 83.1 Å². The average Bonchev–Trinajstić information content (AvgIpc) is 2.68. The molecule has 0 amide bonds. The van der Waals surface area contributed by atoms with Crippen LogP contribution in [0.2, 0.25) is 0 Å². The molecule has 0 bridgehead atoms. The van der Waals surface area contributed by atoms with Crippen molar-refractivity contribution >= 4 is 7.82 Å². The van der Waals surface area contributed by atoms with Crippen molar-refractivity contribution in [3.8, 4) is 0 Å². The van der Waals surface area contributed by atoms with Gasteiger partial charge >= 0.3 is 59.1 Å². The molecule has 0 fully saturated rings. The van der Waals surface area contributed by atoms with E-state index >= 15 is 0 Å². The number of hydrogen-bond donors (Lipinski definition) is 1. The molecule has 8 heteroatoms. The van der Waals surface area contributed by atoms with Crippen molar-refractivity contribution in [1.29, 1.82) is 0 Å². The van der Waals surface area contributed by atoms with Crippen molar-refractivity contribution in [2.24, 2.45) is 0 Å². The minimum absolute atomic E-state index is 0. The Bertz CT molecular complexity index is 327. The molecule has 0 rings (SSSR count). The first-order valence-corrected chi connectivity index (χ1v) is 14.2. The first-order valence-electron chi connectivity index (χ1n) is 12.7. The third kappa shape index (κ3) is 53.4. The summed E-state index contributed by atoms with van der Waals surface area (Å²) in [6.07, 6.45) is 28.2. The summed E-state index contributed by atoms with van der Waals surface area (Å²) in [7, 11) is -5.14. The molecular formula is C24H51Na2O5P. The van der Waals surface area contributed by atoms with E-state index in [1.54, 1.807) is 0 Å². The minimum Gasteiger partial charge on any atom is -0.790 e. The Morgan fingerprint density at radius 2 is 0.719 bits per heavy atom. The molecule has 0 aromatic carbocycles. The number of rotatable bonds is 22. The molecule has 0 aliphatic carbocycles. The summed E-state index contributed by atoms with van der Waals surface area (Å²) in [5.41, 5.74) is 0. The van der Waals surface area contributed by atoms with E-state index in [-0.39, 0.29) is 59.1 Å². The molecule has 5 nitrogen and oxygen atoms in total. The van der Waals surface area contributed by atoms with Crippen LogP contribution < -0.4 is 68.9 Å². The largest absolute Gasteiger partial charge is 1.00 e. The monoisotopic (exact) mass is 496 g/mol. The van der Waals surface area contributed by atoms with Crippen LogP contribution in [0.1, 0.15) is 142 Å². The summed E-state index contributed by atoms with van der Waals surface area (Å²) >= 11 is 0. The second-order valence-corrected chi connectivity index (χ2v) is 9.38. The summed E-state index contributed by atoms with van der Waals surface area (Å²) in [6, 6.07) is 0. The van der Waals surface area contributed by atoms with Crippen LogP contribution in [-0.4, -0.2) is 18.1 Å². The SMILES string of the molecule is CCCCCCCCCCCCOCCCCCCCCCCCC.O=P([O-])([O-])O.[Na+].[Na+]. The van der Waals surface area contributed by atoms with Gasteiger partial charge in [0.1, 0.15) is 0 Å². The second-order valence-electron chi connectivity index (χ2n) is 8.44. The molecule has 32 heavy (non-hydrogen) atoms. The van der Waals surface area contributed by atoms with Gasteiger partial charge in [-0.1, -0.05) is 129 Å². The third-order valence-corrected chi connectivity index (χ3v) is 5.28. The summed E-state index contributed by atoms with van der Waals surface area (Å²) < 4.78 is 14.4. The van der Waals surface area contributed by atoms with Crippen LogP contribution in [0.3, 0.4) is 0 Å². The van der Waals surface area contributed by atoms with Crippen LogP contribution in [0.15, 0.2) is 0 Å². The maximum Gasteiger partial charge on any atom is 1.00 e. The molecule has 0 saturated heterocycles. The van der Waals surface area contributed by atoms with Crippen LogP contribution >= 0.6 is 7.82 Å². The Hall–Kier alpha value is 2.07. The number of unbranched alkanes of at least 4 members (excludes halogenated alkanes) is 18. The quantitative estimate of drug-likeness (QED) is 0.135. The maximum atomic E-state index is 8.66. The van der Waals surface area contributed by atoms with Crippen LogP contribution in [0.25, 0.3) is 0 Å². The van der Waals surface area contributed by atoms with Crippen molar-refractivity contribution in [2.45, 2.75) is 142 Å². The van der Waals surface area contributed by atoms with Gasteiger partial charge in [-0.3, -0.25) is 0 Å². The standard InChI is InChI=1S/C24H50O.2Na.H3O4P/c1-3-5-7-9-11-13-15-17-19-21-23-25-24-22-20-18-16-14-12-10-8-6-4-2;;;1-5(2,3)4/h3-24H2,1-2H3;;;(H3,1,2,3,4)/q;2*+1;/p-2. The van der Waals surface area contributed by atoms with Gasteiger partial charge in [0.15, 0.2) is 0 Å². The summed E-state index contributed by atoms with van der Waals surface area (Å²) in [4.78, 5) is 24.3. The van der Waals surface area contributed by atoms with E-state index in [1.807, 2.05) is 0 Å². The first-order chi connectivity index (χ1) is 14.4. The van der Waals surface area contributed by atoms with E-state index in [0.29, 0.717) is 0 Å². The number of hydrogen-bond acceptors (Lipinski definition) is 4. The fourth-order valence-corrected chi connectivity index (χ4v) is 3.49. The van der Waals surface area contributed by atoms with E-state index < -0.39 is 7.82 Å². The van der Waals surface area contributed by atoms with Gasteiger partial charge in [-0.25, -0.2) is 0 Å². The van der Waals surface area contributed by atoms with E-state index in [4.69, 9.17) is 24.0 Å². The van der Waals surface area contributed by atoms with Crippen LogP contribution in [0.5, 0.6) is 0 Å². The van der Waals surface area contributed by atoms with Gasteiger partial charge in [0, 0.05) is 13.2 Å². The predicted molar refractivity (Wildman–Crippen MR) is 124 cm³/mol. The van der Waals surface area contributed by atoms with Crippen molar-refractivity contribution in [1.82, 2.24) is 0 Å². The van der Waals surface area contributed by atoms with Gasteiger partial charge in [-0.05, 0) is 12.8 Å². The summed E-state index contributed by atoms with van der Waals surface area (Å²) in [5.74, 6) is 0. The molecule has 0 aromatic heterocycles. The fourth-order valence-electron chi connectivity index (χ4n) is 3.49. The normalized spacial score (nSPS) is 10.7. The molecule has 0 unspecified atom stereocenters. The molecular weight excluding hydrogens is 445 g/mol. The summed E-state index contributed by atoms with van der Waals surface area (Å²) in [5, 5.41) is 0. The van der Waals surface area contributed by atoms with Gasteiger partial charge in [0.25, 0.3) is 0 Å². The third-order valence-electron chi connectivity index (χ3n) is 5.28. The fraction of sp³-hybridized carbons (Fsp3) is 1.00. The Balaban J connectivity index is -0.000000501. The second kappa shape index (κ2) is 35.2. The molecule has 0 aliphatic rings. The molecule has 0 heterocycles. The van der Waals surface area contributed by atoms with Gasteiger partial charge in [-0.15, -0.1) is 0 Å². The topological polar surface area (TPSA) is 92.7 Å². The van der Waals surface area contributed by atoms with Gasteiger partial charge in [0.2, 0.25) is 0 Å². The van der Waals surface area contributed by atoms with E-state index in [0.717, 1.165) is 13.2 Å². The summed E-state index contributed by atoms with van der Waals surface area (Å²) in [6.45, 7) is 6.57. The molecule has 0 aliphatic heterocycles. The van der Waals surface area contributed by atoms with E-state index in [1.165, 1.54) is 128 Å². The van der Waals surface area contributed by atoms with E-state index in [9.17, 15) is 0 Å². The Labute approximate surface area is 244 Å². The first kappa shape index (κ1) is 41.2. The molecule has 0 saturated carbocycles. The van der Waals surface area contributed by atoms with E-state index in [2.05, 4.69) is 13.8 Å². The Morgan fingerprint density at radius 3 is 0.938 bits per heavy atom. The Kier molecular flexibility index (Phi) is 45.4. The van der Waals surface area contributed by atoms with Crippen molar-refractivity contribution in [2.75, 3.05) is 13.2 Å². The number of ether oxygens (including phenoxy) is 1. The smallest absolute Gasteiger partial charge is 0.790 e. The zero-order valence-electron chi connectivity index (χ0n) is 22.1. The van der Waals surface area contributed by atoms with Gasteiger partial charge in [-0.2, -0.15) is 0 Å². The molecule has 0 atom stereocenters. The van der Waals surface area contributed by atoms with Crippen LogP contribution in [0, 0.1) is 0 Å². The zero-order chi connectivity index (χ0) is 22.8. The predicted octanol–water partition coefficient (Wildman–Crippen LogP) is 0.660. The number of phosphoric acid groups is 1. The minimum atomic E-state index is -5.14. The zero-order valence-corrected chi connectivity index (χ0v) is 27.0. The Morgan fingerprint density at radius 1 is 0.531 bits per heavy atom. The maximum absolute atomic E-state index is 8.66. The van der Waals surface area contributed by atoms with Crippen molar-refractivity contribution in [3.63, 3.8) is 0 Å². The molecule has 0 aromatic rings. The van der Waals surface area contributed by atoms with Crippen LogP contribution in [-0.2, 0) is 9.30 Å². The molecule has 184 valence electrons.